The summed E-state index contributed by atoms with van der Waals surface area (Å²) < 4.78 is 0. The minimum atomic E-state index is 0.00463. The zero-order valence-electron chi connectivity index (χ0n) is 4.63. The van der Waals surface area contributed by atoms with Crippen LogP contribution in [0.25, 0.3) is 0 Å². The molecule has 0 heterocycles. The molecule has 0 spiro atoms. The fraction of sp³-hybridized carbons (Fsp3) is 0.600. The number of hydrogen-bond donors (Lipinski definition) is 0. The lowest BCUT2D eigenvalue weighted by atomic mass is 10.3. The summed E-state index contributed by atoms with van der Waals surface area (Å²) in [5, 5.41) is 2.20. The van der Waals surface area contributed by atoms with Crippen LogP contribution in [0.15, 0.2) is 4.99 Å². The lowest BCUT2D eigenvalue weighted by molar-refractivity contribution is -0.108. The van der Waals surface area contributed by atoms with Gasteiger partial charge in [0.25, 0.3) is 0 Å². The van der Waals surface area contributed by atoms with E-state index in [9.17, 15) is 4.79 Å². The Morgan fingerprint density at radius 3 is 3.00 bits per heavy atom. The molecule has 0 aromatic carbocycles. The van der Waals surface area contributed by atoms with E-state index in [0.29, 0.717) is 6.42 Å². The summed E-state index contributed by atoms with van der Waals surface area (Å²) in [5.41, 5.74) is 0. The fourth-order valence-corrected chi connectivity index (χ4v) is 0.462. The van der Waals surface area contributed by atoms with Crippen LogP contribution in [0, 0.1) is 0 Å². The highest BCUT2D eigenvalue weighted by Gasteiger charge is 1.92. The van der Waals surface area contributed by atoms with Crippen LogP contribution in [0.5, 0.6) is 0 Å². The number of carbonyl (C=O) groups is 1. The zero-order valence-corrected chi connectivity index (χ0v) is 5.44. The molecule has 0 aliphatic rings. The Morgan fingerprint density at radius 2 is 2.62 bits per heavy atom. The second-order valence-corrected chi connectivity index (χ2v) is 1.65. The van der Waals surface area contributed by atoms with Crippen molar-refractivity contribution in [3.63, 3.8) is 0 Å². The van der Waals surface area contributed by atoms with Gasteiger partial charge in [-0.05, 0) is 19.1 Å². The van der Waals surface area contributed by atoms with Crippen LogP contribution in [0.4, 0.5) is 0 Å². The molecule has 0 amide bonds. The van der Waals surface area contributed by atoms with Gasteiger partial charge in [0.1, 0.15) is 6.29 Å². The van der Waals surface area contributed by atoms with E-state index in [-0.39, 0.29) is 6.04 Å². The largest absolute Gasteiger partial charge is 0.303 e. The summed E-state index contributed by atoms with van der Waals surface area (Å²) in [5.74, 6) is 0. The predicted octanol–water partition coefficient (Wildman–Crippen LogP) is 1.07. The van der Waals surface area contributed by atoms with Gasteiger partial charge in [0, 0.05) is 6.42 Å². The summed E-state index contributed by atoms with van der Waals surface area (Å²) in [6, 6.07) is 0.00463. The zero-order chi connectivity index (χ0) is 6.41. The van der Waals surface area contributed by atoms with Gasteiger partial charge < -0.3 is 4.79 Å². The van der Waals surface area contributed by atoms with E-state index in [1.165, 1.54) is 0 Å². The normalized spacial score (nSPS) is 11.6. The molecule has 0 aromatic rings. The molecule has 0 saturated heterocycles. The van der Waals surface area contributed by atoms with E-state index < -0.39 is 0 Å². The van der Waals surface area contributed by atoms with Crippen LogP contribution < -0.4 is 0 Å². The standard InChI is InChI=1S/C5H7NOS/c1-5(2-3-7)6-4-8/h3,5H,2H2,1H3. The Labute approximate surface area is 53.6 Å². The van der Waals surface area contributed by atoms with Gasteiger partial charge in [0.05, 0.1) is 11.2 Å². The molecule has 0 radical (unpaired) electrons. The van der Waals surface area contributed by atoms with E-state index in [2.05, 4.69) is 22.4 Å². The topological polar surface area (TPSA) is 29.4 Å². The predicted molar refractivity (Wildman–Crippen MR) is 35.2 cm³/mol. The maximum Gasteiger partial charge on any atom is 0.122 e. The first-order valence-electron chi connectivity index (χ1n) is 2.32. The van der Waals surface area contributed by atoms with Gasteiger partial charge in [-0.1, -0.05) is 0 Å². The van der Waals surface area contributed by atoms with Crippen molar-refractivity contribution in [1.82, 2.24) is 0 Å². The van der Waals surface area contributed by atoms with Crippen molar-refractivity contribution in [3.05, 3.63) is 0 Å². The van der Waals surface area contributed by atoms with Gasteiger partial charge >= 0.3 is 0 Å². The number of aldehydes is 1. The molecule has 0 fully saturated rings. The molecule has 1 unspecified atom stereocenters. The van der Waals surface area contributed by atoms with Gasteiger partial charge in [0.15, 0.2) is 0 Å². The molecule has 2 nitrogen and oxygen atoms in total. The van der Waals surface area contributed by atoms with E-state index >= 15 is 0 Å². The Balaban J connectivity index is 3.46. The van der Waals surface area contributed by atoms with Gasteiger partial charge in [-0.2, -0.15) is 0 Å². The fourth-order valence-electron chi connectivity index (χ4n) is 0.282. The first-order chi connectivity index (χ1) is 3.81. The lowest BCUT2D eigenvalue weighted by Gasteiger charge is -1.92. The van der Waals surface area contributed by atoms with Crippen LogP contribution >= 0.6 is 12.2 Å². The molecule has 8 heavy (non-hydrogen) atoms. The third-order valence-corrected chi connectivity index (χ3v) is 0.816. The molecule has 1 atom stereocenters. The molecule has 0 rings (SSSR count). The van der Waals surface area contributed by atoms with Crippen LogP contribution in [0.3, 0.4) is 0 Å². The highest BCUT2D eigenvalue weighted by Crippen LogP contribution is 1.89. The van der Waals surface area contributed by atoms with Crippen LogP contribution in [-0.2, 0) is 4.79 Å². The summed E-state index contributed by atoms with van der Waals surface area (Å²) in [6.45, 7) is 1.81. The average Bonchev–Trinajstić information content (AvgIpc) is 1.68. The van der Waals surface area contributed by atoms with Gasteiger partial charge in [-0.15, -0.1) is 0 Å². The number of thiocarbonyl (C=S) groups is 1. The van der Waals surface area contributed by atoms with Crippen LogP contribution in [-0.4, -0.2) is 17.5 Å². The molecule has 0 bridgehead atoms. The van der Waals surface area contributed by atoms with Gasteiger partial charge in [-0.3, -0.25) is 0 Å². The molecule has 0 aliphatic carbocycles. The van der Waals surface area contributed by atoms with Crippen molar-refractivity contribution in [1.29, 1.82) is 0 Å². The minimum absolute atomic E-state index is 0.00463. The van der Waals surface area contributed by atoms with Crippen molar-refractivity contribution < 1.29 is 4.79 Å². The Bertz CT molecular complexity index is 118. The number of carbonyl (C=O) groups excluding carboxylic acids is 1. The molecular formula is C5H7NOS. The highest BCUT2D eigenvalue weighted by molar-refractivity contribution is 7.78. The minimum Gasteiger partial charge on any atom is -0.303 e. The first kappa shape index (κ1) is 7.47. The molecule has 44 valence electrons. The maximum atomic E-state index is 9.77. The monoisotopic (exact) mass is 129 g/mol. The van der Waals surface area contributed by atoms with Crippen LogP contribution in [0.1, 0.15) is 13.3 Å². The SMILES string of the molecule is CC(CC=O)N=C=S. The van der Waals surface area contributed by atoms with Crippen molar-refractivity contribution >= 4 is 23.7 Å². The van der Waals surface area contributed by atoms with E-state index in [0.717, 1.165) is 6.29 Å². The van der Waals surface area contributed by atoms with Gasteiger partial charge in [-0.25, -0.2) is 4.99 Å². The Kier molecular flexibility index (Phi) is 4.32. The summed E-state index contributed by atoms with van der Waals surface area (Å²) >= 11 is 4.31. The van der Waals surface area contributed by atoms with E-state index in [4.69, 9.17) is 0 Å². The first-order valence-corrected chi connectivity index (χ1v) is 2.72. The molecule has 0 saturated carbocycles. The summed E-state index contributed by atoms with van der Waals surface area (Å²) in [7, 11) is 0. The number of isothiocyanates is 1. The molecular weight excluding hydrogens is 122 g/mol. The summed E-state index contributed by atoms with van der Waals surface area (Å²) in [4.78, 5) is 13.4. The smallest absolute Gasteiger partial charge is 0.122 e. The van der Waals surface area contributed by atoms with Crippen molar-refractivity contribution in [3.8, 4) is 0 Å². The molecule has 3 heteroatoms. The lowest BCUT2D eigenvalue weighted by Crippen LogP contribution is -1.96. The van der Waals surface area contributed by atoms with E-state index in [1.54, 1.807) is 0 Å². The van der Waals surface area contributed by atoms with Crippen molar-refractivity contribution in [2.45, 2.75) is 19.4 Å². The van der Waals surface area contributed by atoms with Crippen LogP contribution in [0.2, 0.25) is 0 Å². The second-order valence-electron chi connectivity index (χ2n) is 1.47. The number of hydrogen-bond acceptors (Lipinski definition) is 3. The second kappa shape index (κ2) is 4.62. The Morgan fingerprint density at radius 1 is 2.00 bits per heavy atom. The number of aliphatic imine (C=N–C) groups is 1. The van der Waals surface area contributed by atoms with E-state index in [1.807, 2.05) is 6.92 Å². The van der Waals surface area contributed by atoms with Crippen molar-refractivity contribution in [2.24, 2.45) is 4.99 Å². The van der Waals surface area contributed by atoms with Crippen molar-refractivity contribution in [2.75, 3.05) is 0 Å². The third-order valence-electron chi connectivity index (χ3n) is 0.710. The molecule has 0 aromatic heterocycles. The molecule has 0 N–H and O–H groups in total. The Hall–Kier alpha value is -0.530. The quantitative estimate of drug-likeness (QED) is 0.324. The highest BCUT2D eigenvalue weighted by atomic mass is 32.1. The number of rotatable bonds is 3. The number of nitrogens with zero attached hydrogens (tertiary/aromatic N) is 1. The maximum absolute atomic E-state index is 9.77. The molecule has 0 aliphatic heterocycles. The average molecular weight is 129 g/mol. The summed E-state index contributed by atoms with van der Waals surface area (Å²) in [6.07, 6.45) is 1.25. The third kappa shape index (κ3) is 3.65. The van der Waals surface area contributed by atoms with Gasteiger partial charge in [0.2, 0.25) is 0 Å².